The molecular weight excluding hydrogens is 357 g/mol. The SMILES string of the molecule is CS(=O)(=O)N(CCCC(=O)N1CCCC1)c1cccc(C(F)(F)F)c1. The maximum absolute atomic E-state index is 12.8. The molecule has 5 nitrogen and oxygen atoms in total. The highest BCUT2D eigenvalue weighted by Gasteiger charge is 2.31. The first kappa shape index (κ1) is 19.6. The van der Waals surface area contributed by atoms with Crippen LogP contribution in [0.5, 0.6) is 0 Å². The van der Waals surface area contributed by atoms with Gasteiger partial charge in [0, 0.05) is 26.1 Å². The number of likely N-dealkylation sites (tertiary alicyclic amines) is 1. The number of sulfonamides is 1. The third kappa shape index (κ3) is 5.35. The zero-order chi connectivity index (χ0) is 18.7. The van der Waals surface area contributed by atoms with Crippen molar-refractivity contribution < 1.29 is 26.4 Å². The van der Waals surface area contributed by atoms with E-state index in [2.05, 4.69) is 0 Å². The molecule has 0 radical (unpaired) electrons. The van der Waals surface area contributed by atoms with E-state index in [0.29, 0.717) is 13.1 Å². The van der Waals surface area contributed by atoms with Crippen molar-refractivity contribution in [3.8, 4) is 0 Å². The van der Waals surface area contributed by atoms with Gasteiger partial charge in [0.05, 0.1) is 17.5 Å². The molecule has 0 aliphatic carbocycles. The van der Waals surface area contributed by atoms with Crippen LogP contribution in [0.15, 0.2) is 24.3 Å². The molecule has 25 heavy (non-hydrogen) atoms. The van der Waals surface area contributed by atoms with Crippen LogP contribution in [0.2, 0.25) is 0 Å². The van der Waals surface area contributed by atoms with E-state index < -0.39 is 21.8 Å². The quantitative estimate of drug-likeness (QED) is 0.765. The second kappa shape index (κ2) is 7.63. The van der Waals surface area contributed by atoms with Crippen LogP contribution in [0, 0.1) is 0 Å². The molecule has 1 saturated heterocycles. The molecule has 1 fully saturated rings. The Hall–Kier alpha value is -1.77. The fraction of sp³-hybridized carbons (Fsp3) is 0.562. The largest absolute Gasteiger partial charge is 0.416 e. The Labute approximate surface area is 145 Å². The Balaban J connectivity index is 2.08. The summed E-state index contributed by atoms with van der Waals surface area (Å²) in [6.45, 7) is 1.38. The smallest absolute Gasteiger partial charge is 0.343 e. The Bertz CT molecular complexity index is 714. The standard InChI is InChI=1S/C16H21F3N2O3S/c1-25(23,24)21(11-5-8-15(22)20-9-2-3-10-20)14-7-4-6-13(12-14)16(17,18)19/h4,6-7,12H,2-3,5,8-11H2,1H3. The summed E-state index contributed by atoms with van der Waals surface area (Å²) in [5, 5.41) is 0. The highest BCUT2D eigenvalue weighted by molar-refractivity contribution is 7.92. The maximum Gasteiger partial charge on any atom is 0.416 e. The number of anilines is 1. The zero-order valence-corrected chi connectivity index (χ0v) is 14.7. The van der Waals surface area contributed by atoms with Gasteiger partial charge in [-0.25, -0.2) is 8.42 Å². The van der Waals surface area contributed by atoms with Gasteiger partial charge in [0.1, 0.15) is 0 Å². The molecule has 1 aromatic rings. The number of rotatable bonds is 6. The molecule has 0 atom stereocenters. The molecule has 1 aliphatic heterocycles. The van der Waals surface area contributed by atoms with E-state index in [1.54, 1.807) is 4.90 Å². The van der Waals surface area contributed by atoms with Crippen LogP contribution in [0.4, 0.5) is 18.9 Å². The zero-order valence-electron chi connectivity index (χ0n) is 13.9. The van der Waals surface area contributed by atoms with Gasteiger partial charge in [-0.3, -0.25) is 9.10 Å². The second-order valence-corrected chi connectivity index (χ2v) is 7.98. The fourth-order valence-electron chi connectivity index (χ4n) is 2.82. The molecule has 0 saturated carbocycles. The Morgan fingerprint density at radius 1 is 1.24 bits per heavy atom. The first-order valence-corrected chi connectivity index (χ1v) is 9.86. The number of benzene rings is 1. The van der Waals surface area contributed by atoms with Gasteiger partial charge in [-0.15, -0.1) is 0 Å². The number of carbonyl (C=O) groups is 1. The number of halogens is 3. The summed E-state index contributed by atoms with van der Waals surface area (Å²) in [5.41, 5.74) is -0.960. The molecule has 0 N–H and O–H groups in total. The Morgan fingerprint density at radius 2 is 1.88 bits per heavy atom. The van der Waals surface area contributed by atoms with Crippen LogP contribution in [-0.4, -0.2) is 45.1 Å². The van der Waals surface area contributed by atoms with Crippen LogP contribution in [0.25, 0.3) is 0 Å². The Morgan fingerprint density at radius 3 is 2.44 bits per heavy atom. The van der Waals surface area contributed by atoms with E-state index >= 15 is 0 Å². The predicted octanol–water partition coefficient (Wildman–Crippen LogP) is 2.87. The minimum Gasteiger partial charge on any atom is -0.343 e. The van der Waals surface area contributed by atoms with Gasteiger partial charge in [-0.05, 0) is 37.5 Å². The predicted molar refractivity (Wildman–Crippen MR) is 88.7 cm³/mol. The monoisotopic (exact) mass is 378 g/mol. The molecule has 1 aromatic carbocycles. The number of amides is 1. The van der Waals surface area contributed by atoms with E-state index in [1.165, 1.54) is 12.1 Å². The van der Waals surface area contributed by atoms with Crippen LogP contribution in [0.3, 0.4) is 0 Å². The molecule has 1 heterocycles. The number of hydrogen-bond donors (Lipinski definition) is 0. The average Bonchev–Trinajstić information content (AvgIpc) is 3.04. The van der Waals surface area contributed by atoms with E-state index in [9.17, 15) is 26.4 Å². The van der Waals surface area contributed by atoms with Gasteiger partial charge >= 0.3 is 6.18 Å². The second-order valence-electron chi connectivity index (χ2n) is 6.07. The normalized spacial score (nSPS) is 15.4. The minimum atomic E-state index is -4.55. The summed E-state index contributed by atoms with van der Waals surface area (Å²) >= 11 is 0. The summed E-state index contributed by atoms with van der Waals surface area (Å²) in [4.78, 5) is 13.7. The lowest BCUT2D eigenvalue weighted by atomic mass is 10.2. The minimum absolute atomic E-state index is 0.0419. The van der Waals surface area contributed by atoms with E-state index in [1.807, 2.05) is 0 Å². The van der Waals surface area contributed by atoms with Gasteiger partial charge in [-0.2, -0.15) is 13.2 Å². The molecule has 0 bridgehead atoms. The molecular formula is C16H21F3N2O3S. The topological polar surface area (TPSA) is 57.7 Å². The maximum atomic E-state index is 12.8. The lowest BCUT2D eigenvalue weighted by Crippen LogP contribution is -2.33. The van der Waals surface area contributed by atoms with Crippen molar-refractivity contribution in [2.24, 2.45) is 0 Å². The molecule has 140 valence electrons. The van der Waals surface area contributed by atoms with Gasteiger partial charge in [0.15, 0.2) is 0 Å². The Kier molecular flexibility index (Phi) is 5.97. The van der Waals surface area contributed by atoms with Crippen LogP contribution < -0.4 is 4.31 Å². The average molecular weight is 378 g/mol. The van der Waals surface area contributed by atoms with Crippen molar-refractivity contribution in [2.45, 2.75) is 31.9 Å². The highest BCUT2D eigenvalue weighted by atomic mass is 32.2. The summed E-state index contributed by atoms with van der Waals surface area (Å²) in [7, 11) is -3.76. The van der Waals surface area contributed by atoms with Crippen molar-refractivity contribution in [1.82, 2.24) is 4.90 Å². The van der Waals surface area contributed by atoms with Crippen LogP contribution in [-0.2, 0) is 21.0 Å². The molecule has 0 spiro atoms. The number of alkyl halides is 3. The first-order valence-electron chi connectivity index (χ1n) is 8.02. The van der Waals surface area contributed by atoms with Crippen molar-refractivity contribution in [2.75, 3.05) is 30.2 Å². The molecule has 1 amide bonds. The highest BCUT2D eigenvalue weighted by Crippen LogP contribution is 2.32. The van der Waals surface area contributed by atoms with Gasteiger partial charge in [-0.1, -0.05) is 6.07 Å². The third-order valence-electron chi connectivity index (χ3n) is 4.07. The molecule has 2 rings (SSSR count). The van der Waals surface area contributed by atoms with E-state index in [4.69, 9.17) is 0 Å². The number of nitrogens with zero attached hydrogens (tertiary/aromatic N) is 2. The fourth-order valence-corrected chi connectivity index (χ4v) is 3.78. The first-order chi connectivity index (χ1) is 11.6. The van der Waals surface area contributed by atoms with Crippen molar-refractivity contribution in [3.63, 3.8) is 0 Å². The number of carbonyl (C=O) groups excluding carboxylic acids is 1. The van der Waals surface area contributed by atoms with E-state index in [-0.39, 0.29) is 31.0 Å². The molecule has 1 aliphatic rings. The van der Waals surface area contributed by atoms with Gasteiger partial charge in [0.2, 0.25) is 15.9 Å². The molecule has 9 heteroatoms. The van der Waals surface area contributed by atoms with Gasteiger partial charge in [0.25, 0.3) is 0 Å². The third-order valence-corrected chi connectivity index (χ3v) is 5.27. The van der Waals surface area contributed by atoms with Crippen LogP contribution >= 0.6 is 0 Å². The number of hydrogen-bond acceptors (Lipinski definition) is 3. The lowest BCUT2D eigenvalue weighted by Gasteiger charge is -2.24. The molecule has 0 aromatic heterocycles. The summed E-state index contributed by atoms with van der Waals surface area (Å²) in [6.07, 6.45) is -1.26. The van der Waals surface area contributed by atoms with Gasteiger partial charge < -0.3 is 4.90 Å². The van der Waals surface area contributed by atoms with Crippen LogP contribution in [0.1, 0.15) is 31.2 Å². The summed E-state index contributed by atoms with van der Waals surface area (Å²) in [6, 6.07) is 4.19. The summed E-state index contributed by atoms with van der Waals surface area (Å²) in [5.74, 6) is -0.0463. The summed E-state index contributed by atoms with van der Waals surface area (Å²) < 4.78 is 63.4. The van der Waals surface area contributed by atoms with Crippen molar-refractivity contribution in [3.05, 3.63) is 29.8 Å². The van der Waals surface area contributed by atoms with Crippen molar-refractivity contribution >= 4 is 21.6 Å². The van der Waals surface area contributed by atoms with Crippen molar-refractivity contribution in [1.29, 1.82) is 0 Å². The van der Waals surface area contributed by atoms with E-state index in [0.717, 1.165) is 35.5 Å². The molecule has 0 unspecified atom stereocenters. The lowest BCUT2D eigenvalue weighted by molar-refractivity contribution is -0.137.